The van der Waals surface area contributed by atoms with Crippen LogP contribution in [0.5, 0.6) is 0 Å². The molecule has 25 heavy (non-hydrogen) atoms. The highest BCUT2D eigenvalue weighted by Gasteiger charge is 2.13. The summed E-state index contributed by atoms with van der Waals surface area (Å²) in [5.41, 5.74) is 0.722. The number of oxazole rings is 1. The van der Waals surface area contributed by atoms with Crippen LogP contribution < -0.4 is 16.6 Å². The Labute approximate surface area is 138 Å². The van der Waals surface area contributed by atoms with Gasteiger partial charge in [0.2, 0.25) is 0 Å². The van der Waals surface area contributed by atoms with E-state index in [1.807, 2.05) is 0 Å². The van der Waals surface area contributed by atoms with Crippen molar-refractivity contribution in [1.82, 2.24) is 9.97 Å². The van der Waals surface area contributed by atoms with Crippen molar-refractivity contribution in [3.8, 4) is 0 Å². The van der Waals surface area contributed by atoms with E-state index in [1.165, 1.54) is 36.4 Å². The van der Waals surface area contributed by atoms with E-state index in [9.17, 15) is 18.8 Å². The summed E-state index contributed by atoms with van der Waals surface area (Å²) in [6.07, 6.45) is 0. The molecule has 0 saturated heterocycles. The van der Waals surface area contributed by atoms with Crippen LogP contribution in [0.3, 0.4) is 0 Å². The van der Waals surface area contributed by atoms with E-state index < -0.39 is 23.0 Å². The molecule has 0 aliphatic rings. The van der Waals surface area contributed by atoms with E-state index in [1.54, 1.807) is 6.07 Å². The number of hydrogen-bond donors (Lipinski definition) is 3. The summed E-state index contributed by atoms with van der Waals surface area (Å²) in [4.78, 5) is 40.6. The number of halogens is 1. The zero-order valence-corrected chi connectivity index (χ0v) is 12.6. The molecular weight excluding hydrogens is 329 g/mol. The van der Waals surface area contributed by atoms with Gasteiger partial charge < -0.3 is 14.7 Å². The predicted molar refractivity (Wildman–Crippen MR) is 89.3 cm³/mol. The summed E-state index contributed by atoms with van der Waals surface area (Å²) in [5, 5.41) is 3.11. The number of fused-ring (bicyclic) bond motifs is 2. The van der Waals surface area contributed by atoms with Crippen molar-refractivity contribution in [2.24, 2.45) is 0 Å². The second-order valence-corrected chi connectivity index (χ2v) is 5.42. The summed E-state index contributed by atoms with van der Waals surface area (Å²) in [6.45, 7) is 0. The maximum absolute atomic E-state index is 13.2. The fourth-order valence-corrected chi connectivity index (χ4v) is 2.57. The molecule has 0 unspecified atom stereocenters. The van der Waals surface area contributed by atoms with E-state index in [4.69, 9.17) is 4.42 Å². The molecule has 7 nitrogen and oxygen atoms in total. The topological polar surface area (TPSA) is 108 Å². The first-order valence-corrected chi connectivity index (χ1v) is 7.26. The zero-order valence-electron chi connectivity index (χ0n) is 12.6. The van der Waals surface area contributed by atoms with E-state index >= 15 is 0 Å². The van der Waals surface area contributed by atoms with Gasteiger partial charge in [-0.05, 0) is 47.9 Å². The average molecular weight is 339 g/mol. The Bertz CT molecular complexity index is 1250. The second-order valence-electron chi connectivity index (χ2n) is 5.42. The van der Waals surface area contributed by atoms with Crippen molar-refractivity contribution in [2.45, 2.75) is 0 Å². The van der Waals surface area contributed by atoms with Gasteiger partial charge in [0.15, 0.2) is 5.58 Å². The lowest BCUT2D eigenvalue weighted by atomic mass is 10.1. The molecule has 2 aromatic carbocycles. The third-order valence-corrected chi connectivity index (χ3v) is 3.73. The highest BCUT2D eigenvalue weighted by Crippen LogP contribution is 2.17. The van der Waals surface area contributed by atoms with Gasteiger partial charge in [0.25, 0.3) is 11.5 Å². The van der Waals surface area contributed by atoms with Gasteiger partial charge in [-0.1, -0.05) is 0 Å². The Morgan fingerprint density at radius 3 is 2.68 bits per heavy atom. The first-order valence-electron chi connectivity index (χ1n) is 7.26. The SMILES string of the molecule is O=C(Nc1ccc2oc(=O)[nH]c2c1)c1cc2ccc(F)cc2[nH]c1=O. The largest absolute Gasteiger partial charge is 0.417 e. The monoisotopic (exact) mass is 339 g/mol. The number of nitrogens with one attached hydrogen (secondary N) is 3. The number of H-pyrrole nitrogens is 2. The lowest BCUT2D eigenvalue weighted by Gasteiger charge is -2.06. The molecule has 4 aromatic rings. The Morgan fingerprint density at radius 2 is 1.84 bits per heavy atom. The minimum atomic E-state index is -0.631. The molecule has 3 N–H and O–H groups in total. The van der Waals surface area contributed by atoms with Crippen molar-refractivity contribution in [1.29, 1.82) is 0 Å². The maximum Gasteiger partial charge on any atom is 0.417 e. The van der Waals surface area contributed by atoms with Crippen LogP contribution in [-0.2, 0) is 0 Å². The van der Waals surface area contributed by atoms with Crippen molar-refractivity contribution in [2.75, 3.05) is 5.32 Å². The van der Waals surface area contributed by atoms with E-state index in [0.717, 1.165) is 0 Å². The van der Waals surface area contributed by atoms with Gasteiger partial charge >= 0.3 is 5.76 Å². The molecule has 0 radical (unpaired) electrons. The van der Waals surface area contributed by atoms with Gasteiger partial charge in [0.1, 0.15) is 11.4 Å². The molecule has 124 valence electrons. The van der Waals surface area contributed by atoms with E-state index in [0.29, 0.717) is 27.7 Å². The first-order chi connectivity index (χ1) is 12.0. The van der Waals surface area contributed by atoms with E-state index in [-0.39, 0.29) is 5.56 Å². The second kappa shape index (κ2) is 5.45. The number of hydrogen-bond acceptors (Lipinski definition) is 4. The molecule has 0 aliphatic heterocycles. The van der Waals surface area contributed by atoms with Crippen LogP contribution >= 0.6 is 0 Å². The quantitative estimate of drug-likeness (QED) is 0.521. The number of aromatic amines is 2. The Morgan fingerprint density at radius 1 is 1.00 bits per heavy atom. The third kappa shape index (κ3) is 2.69. The van der Waals surface area contributed by atoms with E-state index in [2.05, 4.69) is 15.3 Å². The van der Waals surface area contributed by atoms with Gasteiger partial charge in [-0.25, -0.2) is 9.18 Å². The van der Waals surface area contributed by atoms with Crippen LogP contribution in [-0.4, -0.2) is 15.9 Å². The molecule has 0 spiro atoms. The molecular formula is C17H10FN3O4. The number of rotatable bonds is 2. The molecule has 0 aliphatic carbocycles. The summed E-state index contributed by atoms with van der Waals surface area (Å²) in [6, 6.07) is 9.87. The van der Waals surface area contributed by atoms with Crippen LogP contribution in [0, 0.1) is 5.82 Å². The standard InChI is InChI=1S/C17H10FN3O4/c18-9-2-1-8-5-11(16(23)20-12(8)6-9)15(22)19-10-3-4-14-13(7-10)21-17(24)25-14/h1-7H,(H,19,22)(H,20,23)(H,21,24). The normalized spacial score (nSPS) is 11.1. The van der Waals surface area contributed by atoms with Crippen LogP contribution in [0.25, 0.3) is 22.0 Å². The zero-order chi connectivity index (χ0) is 17.6. The lowest BCUT2D eigenvalue weighted by molar-refractivity contribution is 0.102. The molecule has 1 amide bonds. The number of aromatic nitrogens is 2. The number of carbonyl (C=O) groups is 1. The maximum atomic E-state index is 13.2. The van der Waals surface area contributed by atoms with Crippen LogP contribution in [0.2, 0.25) is 0 Å². The first kappa shape index (κ1) is 14.9. The van der Waals surface area contributed by atoms with Crippen molar-refractivity contribution >= 4 is 33.6 Å². The molecule has 0 fully saturated rings. The minimum Gasteiger partial charge on any atom is -0.408 e. The molecule has 0 bridgehead atoms. The Kier molecular flexibility index (Phi) is 3.24. The number of anilines is 1. The Hall–Kier alpha value is -3.68. The lowest BCUT2D eigenvalue weighted by Crippen LogP contribution is -2.23. The summed E-state index contributed by atoms with van der Waals surface area (Å²) in [7, 11) is 0. The summed E-state index contributed by atoms with van der Waals surface area (Å²) >= 11 is 0. The molecule has 2 heterocycles. The smallest absolute Gasteiger partial charge is 0.408 e. The molecule has 4 rings (SSSR count). The van der Waals surface area contributed by atoms with Crippen LogP contribution in [0.15, 0.2) is 56.5 Å². The van der Waals surface area contributed by atoms with Gasteiger partial charge in [-0.2, -0.15) is 0 Å². The van der Waals surface area contributed by atoms with Gasteiger partial charge in [0.05, 0.1) is 11.0 Å². The van der Waals surface area contributed by atoms with Crippen LogP contribution in [0.1, 0.15) is 10.4 Å². The predicted octanol–water partition coefficient (Wildman–Crippen LogP) is 2.35. The molecule has 0 saturated carbocycles. The fourth-order valence-electron chi connectivity index (χ4n) is 2.57. The average Bonchev–Trinajstić information content (AvgIpc) is 2.93. The highest BCUT2D eigenvalue weighted by molar-refractivity contribution is 6.06. The van der Waals surface area contributed by atoms with Gasteiger partial charge in [0, 0.05) is 5.69 Å². The summed E-state index contributed by atoms with van der Waals surface area (Å²) < 4.78 is 18.1. The van der Waals surface area contributed by atoms with Crippen molar-refractivity contribution in [3.05, 3.63) is 74.7 Å². The number of pyridine rings is 1. The number of amides is 1. The number of benzene rings is 2. The van der Waals surface area contributed by atoms with Crippen molar-refractivity contribution in [3.63, 3.8) is 0 Å². The Balaban J connectivity index is 1.70. The summed E-state index contributed by atoms with van der Waals surface area (Å²) in [5.74, 6) is -1.71. The van der Waals surface area contributed by atoms with Crippen molar-refractivity contribution < 1.29 is 13.6 Å². The number of carbonyl (C=O) groups excluding carboxylic acids is 1. The molecule has 8 heteroatoms. The third-order valence-electron chi connectivity index (χ3n) is 3.73. The molecule has 2 aromatic heterocycles. The fraction of sp³-hybridized carbons (Fsp3) is 0. The van der Waals surface area contributed by atoms with Crippen LogP contribution in [0.4, 0.5) is 10.1 Å². The van der Waals surface area contributed by atoms with Gasteiger partial charge in [-0.3, -0.25) is 14.6 Å². The minimum absolute atomic E-state index is 0.111. The van der Waals surface area contributed by atoms with Gasteiger partial charge in [-0.15, -0.1) is 0 Å². The molecule has 0 atom stereocenters. The highest BCUT2D eigenvalue weighted by atomic mass is 19.1.